The van der Waals surface area contributed by atoms with Gasteiger partial charge in [0.1, 0.15) is 0 Å². The quantitative estimate of drug-likeness (QED) is 0.522. The summed E-state index contributed by atoms with van der Waals surface area (Å²) in [4.78, 5) is 0. The van der Waals surface area contributed by atoms with Crippen molar-refractivity contribution in [3.8, 4) is 0 Å². The molecular weight excluding hydrogens is 120 g/mol. The van der Waals surface area contributed by atoms with Crippen molar-refractivity contribution in [1.29, 1.82) is 0 Å². The van der Waals surface area contributed by atoms with Crippen molar-refractivity contribution < 1.29 is 0 Å². The van der Waals surface area contributed by atoms with Gasteiger partial charge in [-0.05, 0) is 24.7 Å². The molecule has 0 spiro atoms. The topological polar surface area (TPSA) is 0 Å². The van der Waals surface area contributed by atoms with Crippen LogP contribution in [0.3, 0.4) is 0 Å². The molecule has 0 nitrogen and oxygen atoms in total. The minimum absolute atomic E-state index is 0.907. The fraction of sp³-hybridized carbons (Fsp3) is 0.800. The molecular formula is C10H18. The molecule has 0 aromatic carbocycles. The summed E-state index contributed by atoms with van der Waals surface area (Å²) in [6, 6.07) is 0. The highest BCUT2D eigenvalue weighted by Gasteiger charge is 2.28. The summed E-state index contributed by atoms with van der Waals surface area (Å²) in [6.45, 7) is 8.55. The summed E-state index contributed by atoms with van der Waals surface area (Å²) in [6.07, 6.45) is 5.42. The summed E-state index contributed by atoms with van der Waals surface area (Å²) >= 11 is 0. The minimum atomic E-state index is 0.907. The maximum Gasteiger partial charge on any atom is -0.0166 e. The van der Waals surface area contributed by atoms with Gasteiger partial charge in [-0.2, -0.15) is 0 Å². The Morgan fingerprint density at radius 3 is 2.30 bits per heavy atom. The molecule has 0 N–H and O–H groups in total. The van der Waals surface area contributed by atoms with Gasteiger partial charge in [-0.3, -0.25) is 0 Å². The van der Waals surface area contributed by atoms with Gasteiger partial charge >= 0.3 is 0 Å². The van der Waals surface area contributed by atoms with Gasteiger partial charge in [-0.15, -0.1) is 0 Å². The third kappa shape index (κ3) is 1.86. The highest BCUT2D eigenvalue weighted by Crippen LogP contribution is 2.41. The molecule has 58 valence electrons. The zero-order valence-corrected chi connectivity index (χ0v) is 7.19. The van der Waals surface area contributed by atoms with E-state index >= 15 is 0 Å². The predicted octanol–water partition coefficient (Wildman–Crippen LogP) is 3.39. The highest BCUT2D eigenvalue weighted by molar-refractivity contribution is 5.18. The third-order valence-corrected chi connectivity index (χ3v) is 2.70. The van der Waals surface area contributed by atoms with Crippen LogP contribution in [0, 0.1) is 11.8 Å². The summed E-state index contributed by atoms with van der Waals surface area (Å²) in [5.74, 6) is 1.87. The number of hydrogen-bond donors (Lipinski definition) is 0. The van der Waals surface area contributed by atoms with Crippen molar-refractivity contribution in [1.82, 2.24) is 0 Å². The molecule has 1 saturated carbocycles. The first-order chi connectivity index (χ1) is 4.77. The minimum Gasteiger partial charge on any atom is -0.0995 e. The first-order valence-corrected chi connectivity index (χ1v) is 4.45. The van der Waals surface area contributed by atoms with Crippen LogP contribution in [0.1, 0.15) is 39.5 Å². The van der Waals surface area contributed by atoms with E-state index in [4.69, 9.17) is 0 Å². The van der Waals surface area contributed by atoms with Crippen LogP contribution in [0.5, 0.6) is 0 Å². The molecule has 0 radical (unpaired) electrons. The maximum atomic E-state index is 3.97. The van der Waals surface area contributed by atoms with Crippen LogP contribution in [0.25, 0.3) is 0 Å². The van der Waals surface area contributed by atoms with E-state index in [1.807, 2.05) is 0 Å². The van der Waals surface area contributed by atoms with Crippen LogP contribution < -0.4 is 0 Å². The molecule has 0 saturated heterocycles. The largest absolute Gasteiger partial charge is 0.0995 e. The van der Waals surface area contributed by atoms with Crippen molar-refractivity contribution in [2.24, 2.45) is 11.8 Å². The van der Waals surface area contributed by atoms with E-state index in [-0.39, 0.29) is 0 Å². The fourth-order valence-electron chi connectivity index (χ4n) is 1.53. The number of allylic oxidation sites excluding steroid dienone is 1. The Hall–Kier alpha value is -0.260. The van der Waals surface area contributed by atoms with Gasteiger partial charge in [0.15, 0.2) is 0 Å². The Kier molecular flexibility index (Phi) is 2.53. The standard InChI is InChI=1S/C10H18/c1-4-9(5-2)7-10-6-8(10)3/h9-10H,3-7H2,1-2H3. The average Bonchev–Trinajstić information content (AvgIpc) is 2.62. The first-order valence-electron chi connectivity index (χ1n) is 4.45. The molecule has 1 unspecified atom stereocenters. The highest BCUT2D eigenvalue weighted by atomic mass is 14.3. The van der Waals surface area contributed by atoms with Crippen molar-refractivity contribution in [2.75, 3.05) is 0 Å². The van der Waals surface area contributed by atoms with Crippen molar-refractivity contribution in [3.63, 3.8) is 0 Å². The van der Waals surface area contributed by atoms with Gasteiger partial charge in [0, 0.05) is 0 Å². The van der Waals surface area contributed by atoms with Gasteiger partial charge in [0.2, 0.25) is 0 Å². The van der Waals surface area contributed by atoms with E-state index in [2.05, 4.69) is 20.4 Å². The van der Waals surface area contributed by atoms with Crippen LogP contribution in [-0.4, -0.2) is 0 Å². The van der Waals surface area contributed by atoms with E-state index in [1.165, 1.54) is 31.3 Å². The predicted molar refractivity (Wildman–Crippen MR) is 45.9 cm³/mol. The second-order valence-electron chi connectivity index (χ2n) is 3.48. The molecule has 1 fully saturated rings. The molecule has 1 atom stereocenters. The molecule has 0 bridgehead atoms. The molecule has 0 aromatic heterocycles. The Morgan fingerprint density at radius 1 is 1.50 bits per heavy atom. The van der Waals surface area contributed by atoms with E-state index < -0.39 is 0 Å². The Morgan fingerprint density at radius 2 is 2.00 bits per heavy atom. The summed E-state index contributed by atoms with van der Waals surface area (Å²) in [7, 11) is 0. The first kappa shape index (κ1) is 7.84. The maximum absolute atomic E-state index is 3.97. The van der Waals surface area contributed by atoms with Crippen molar-refractivity contribution >= 4 is 0 Å². The Bertz CT molecular complexity index is 120. The van der Waals surface area contributed by atoms with Crippen LogP contribution in [0.2, 0.25) is 0 Å². The molecule has 1 aliphatic rings. The summed E-state index contributed by atoms with van der Waals surface area (Å²) in [5.41, 5.74) is 1.49. The summed E-state index contributed by atoms with van der Waals surface area (Å²) < 4.78 is 0. The Labute approximate surface area is 64.3 Å². The third-order valence-electron chi connectivity index (χ3n) is 2.70. The zero-order chi connectivity index (χ0) is 7.56. The molecule has 0 heteroatoms. The van der Waals surface area contributed by atoms with Crippen LogP contribution in [0.4, 0.5) is 0 Å². The molecule has 1 rings (SSSR count). The zero-order valence-electron chi connectivity index (χ0n) is 7.19. The van der Waals surface area contributed by atoms with Crippen molar-refractivity contribution in [3.05, 3.63) is 12.2 Å². The molecule has 10 heavy (non-hydrogen) atoms. The molecule has 0 heterocycles. The molecule has 0 amide bonds. The second kappa shape index (κ2) is 3.23. The second-order valence-corrected chi connectivity index (χ2v) is 3.48. The van der Waals surface area contributed by atoms with Crippen LogP contribution >= 0.6 is 0 Å². The smallest absolute Gasteiger partial charge is 0.0166 e. The Balaban J connectivity index is 2.16. The monoisotopic (exact) mass is 138 g/mol. The fourth-order valence-corrected chi connectivity index (χ4v) is 1.53. The lowest BCUT2D eigenvalue weighted by atomic mass is 9.97. The van der Waals surface area contributed by atoms with E-state index in [1.54, 1.807) is 0 Å². The SMILES string of the molecule is C=C1CC1CC(CC)CC. The normalized spacial score (nSPS) is 23.9. The van der Waals surface area contributed by atoms with Gasteiger partial charge in [-0.1, -0.05) is 38.8 Å². The number of hydrogen-bond acceptors (Lipinski definition) is 0. The lowest BCUT2D eigenvalue weighted by molar-refractivity contribution is 0.435. The van der Waals surface area contributed by atoms with Gasteiger partial charge in [0.05, 0.1) is 0 Å². The van der Waals surface area contributed by atoms with E-state index in [0.29, 0.717) is 0 Å². The van der Waals surface area contributed by atoms with Gasteiger partial charge < -0.3 is 0 Å². The van der Waals surface area contributed by atoms with Crippen molar-refractivity contribution in [2.45, 2.75) is 39.5 Å². The summed E-state index contributed by atoms with van der Waals surface area (Å²) in [5, 5.41) is 0. The average molecular weight is 138 g/mol. The van der Waals surface area contributed by atoms with E-state index in [0.717, 1.165) is 11.8 Å². The van der Waals surface area contributed by atoms with Gasteiger partial charge in [0.25, 0.3) is 0 Å². The lowest BCUT2D eigenvalue weighted by Gasteiger charge is -2.09. The molecule has 1 aliphatic carbocycles. The van der Waals surface area contributed by atoms with E-state index in [9.17, 15) is 0 Å². The lowest BCUT2D eigenvalue weighted by Crippen LogP contribution is -1.97. The molecule has 0 aliphatic heterocycles. The molecule has 0 aromatic rings. The van der Waals surface area contributed by atoms with Gasteiger partial charge in [-0.25, -0.2) is 0 Å². The van der Waals surface area contributed by atoms with Crippen LogP contribution in [-0.2, 0) is 0 Å². The number of rotatable bonds is 4. The van der Waals surface area contributed by atoms with Crippen LogP contribution in [0.15, 0.2) is 12.2 Å².